The van der Waals surface area contributed by atoms with Gasteiger partial charge >= 0.3 is 0 Å². The van der Waals surface area contributed by atoms with Crippen molar-refractivity contribution in [3.63, 3.8) is 0 Å². The first-order chi connectivity index (χ1) is 14.9. The summed E-state index contributed by atoms with van der Waals surface area (Å²) in [5.74, 6) is 1.11. The zero-order valence-electron chi connectivity index (χ0n) is 18.8. The Balaban J connectivity index is 1.41. The van der Waals surface area contributed by atoms with Crippen molar-refractivity contribution in [2.75, 3.05) is 6.54 Å². The van der Waals surface area contributed by atoms with Crippen LogP contribution >= 0.6 is 0 Å². The molecule has 31 heavy (non-hydrogen) atoms. The third-order valence-corrected chi connectivity index (χ3v) is 7.56. The van der Waals surface area contributed by atoms with E-state index in [1.54, 1.807) is 0 Å². The van der Waals surface area contributed by atoms with Crippen LogP contribution in [-0.2, 0) is 7.05 Å². The van der Waals surface area contributed by atoms with E-state index >= 15 is 0 Å². The maximum atomic E-state index is 12.4. The monoisotopic (exact) mass is 410 g/mol. The second-order valence-electron chi connectivity index (χ2n) is 9.56. The lowest BCUT2D eigenvalue weighted by atomic mass is 9.98. The zero-order chi connectivity index (χ0) is 21.8. The molecule has 3 heteroatoms. The van der Waals surface area contributed by atoms with Gasteiger partial charge in [-0.3, -0.25) is 4.79 Å². The highest BCUT2D eigenvalue weighted by Crippen LogP contribution is 2.67. The number of rotatable bonds is 5. The number of carbonyl (C=O) groups is 1. The van der Waals surface area contributed by atoms with Crippen molar-refractivity contribution in [1.82, 2.24) is 9.88 Å². The lowest BCUT2D eigenvalue weighted by Gasteiger charge is -2.06. The summed E-state index contributed by atoms with van der Waals surface area (Å²) in [7, 11) is 2.19. The Morgan fingerprint density at radius 3 is 2.45 bits per heavy atom. The number of aryl methyl sites for hydroxylation is 1. The first-order valence-corrected chi connectivity index (χ1v) is 11.2. The zero-order valence-corrected chi connectivity index (χ0v) is 18.8. The van der Waals surface area contributed by atoms with Crippen LogP contribution in [0.25, 0.3) is 21.7 Å². The van der Waals surface area contributed by atoms with Gasteiger partial charge in [0.1, 0.15) is 0 Å². The van der Waals surface area contributed by atoms with Crippen LogP contribution in [-0.4, -0.2) is 17.0 Å². The summed E-state index contributed by atoms with van der Waals surface area (Å²) in [6.07, 6.45) is 1.000. The summed E-state index contributed by atoms with van der Waals surface area (Å²) >= 11 is 0. The number of aromatic nitrogens is 1. The smallest absolute Gasteiger partial charge is 0.251 e. The number of amides is 1. The van der Waals surface area contributed by atoms with E-state index in [4.69, 9.17) is 0 Å². The SMILES string of the molecule is Cc1c(C2C(CCNC(=O)c3ccccc3)C2(C)C)c2ccc3ccccc3c2n1C. The fourth-order valence-electron chi connectivity index (χ4n) is 5.66. The van der Waals surface area contributed by atoms with Crippen molar-refractivity contribution in [2.45, 2.75) is 33.1 Å². The minimum Gasteiger partial charge on any atom is -0.352 e. The molecule has 158 valence electrons. The maximum Gasteiger partial charge on any atom is 0.251 e. The number of benzene rings is 3. The molecule has 1 saturated carbocycles. The Bertz CT molecular complexity index is 1280. The largest absolute Gasteiger partial charge is 0.352 e. The molecular weight excluding hydrogens is 380 g/mol. The van der Waals surface area contributed by atoms with Gasteiger partial charge in [-0.05, 0) is 53.7 Å². The molecule has 1 aliphatic carbocycles. The lowest BCUT2D eigenvalue weighted by Crippen LogP contribution is -2.24. The quantitative estimate of drug-likeness (QED) is 0.418. The molecule has 1 heterocycles. The lowest BCUT2D eigenvalue weighted by molar-refractivity contribution is 0.0952. The van der Waals surface area contributed by atoms with Gasteiger partial charge in [0, 0.05) is 35.6 Å². The summed E-state index contributed by atoms with van der Waals surface area (Å²) in [6, 6.07) is 22.7. The molecule has 1 aromatic heterocycles. The van der Waals surface area contributed by atoms with Crippen LogP contribution in [0.1, 0.15) is 47.8 Å². The van der Waals surface area contributed by atoms with Gasteiger partial charge in [-0.15, -0.1) is 0 Å². The molecule has 0 saturated heterocycles. The molecule has 0 aliphatic heterocycles. The standard InChI is InChI=1S/C28H30N2O/c1-18-24(22-15-14-19-10-8-9-13-21(19)26(22)30(18)4)25-23(28(25,2)3)16-17-29-27(31)20-11-6-5-7-12-20/h5-15,23,25H,16-17H2,1-4H3,(H,29,31). The van der Waals surface area contributed by atoms with Crippen molar-refractivity contribution < 1.29 is 4.79 Å². The highest BCUT2D eigenvalue weighted by atomic mass is 16.1. The molecule has 3 nitrogen and oxygen atoms in total. The van der Waals surface area contributed by atoms with Crippen molar-refractivity contribution in [2.24, 2.45) is 18.4 Å². The Labute approximate surface area is 184 Å². The van der Waals surface area contributed by atoms with Gasteiger partial charge in [-0.2, -0.15) is 0 Å². The number of fused-ring (bicyclic) bond motifs is 3. The third-order valence-electron chi connectivity index (χ3n) is 7.56. The normalized spacial score (nSPS) is 19.6. The summed E-state index contributed by atoms with van der Waals surface area (Å²) in [6.45, 7) is 7.72. The minimum absolute atomic E-state index is 0.0171. The van der Waals surface area contributed by atoms with Gasteiger partial charge in [0.05, 0.1) is 5.52 Å². The molecular formula is C28H30N2O. The van der Waals surface area contributed by atoms with E-state index in [0.717, 1.165) is 12.0 Å². The van der Waals surface area contributed by atoms with Crippen molar-refractivity contribution >= 4 is 27.6 Å². The van der Waals surface area contributed by atoms with Crippen molar-refractivity contribution in [3.8, 4) is 0 Å². The van der Waals surface area contributed by atoms with Gasteiger partial charge in [-0.25, -0.2) is 0 Å². The average molecular weight is 411 g/mol. The Morgan fingerprint density at radius 1 is 0.968 bits per heavy atom. The molecule has 1 amide bonds. The highest BCUT2D eigenvalue weighted by molar-refractivity contribution is 6.08. The summed E-state index contributed by atoms with van der Waals surface area (Å²) < 4.78 is 2.37. The predicted octanol–water partition coefficient (Wildman–Crippen LogP) is 6.20. The Morgan fingerprint density at radius 2 is 1.68 bits per heavy atom. The van der Waals surface area contributed by atoms with E-state index in [1.165, 1.54) is 32.9 Å². The van der Waals surface area contributed by atoms with Crippen LogP contribution in [0.2, 0.25) is 0 Å². The maximum absolute atomic E-state index is 12.4. The van der Waals surface area contributed by atoms with Crippen LogP contribution in [0.15, 0.2) is 66.7 Å². The Hall–Kier alpha value is -3.07. The molecule has 4 aromatic rings. The number of hydrogen-bond acceptors (Lipinski definition) is 1. The van der Waals surface area contributed by atoms with Crippen molar-refractivity contribution in [3.05, 3.63) is 83.6 Å². The molecule has 3 aromatic carbocycles. The van der Waals surface area contributed by atoms with Crippen LogP contribution in [0.3, 0.4) is 0 Å². The second-order valence-corrected chi connectivity index (χ2v) is 9.56. The second kappa shape index (κ2) is 7.26. The van der Waals surface area contributed by atoms with E-state index in [0.29, 0.717) is 18.4 Å². The van der Waals surface area contributed by atoms with E-state index in [1.807, 2.05) is 30.3 Å². The topological polar surface area (TPSA) is 34.0 Å². The van der Waals surface area contributed by atoms with Gasteiger partial charge in [-0.1, -0.05) is 68.4 Å². The van der Waals surface area contributed by atoms with Crippen LogP contribution in [0, 0.1) is 18.3 Å². The predicted molar refractivity (Wildman–Crippen MR) is 129 cm³/mol. The Kier molecular flexibility index (Phi) is 4.65. The summed E-state index contributed by atoms with van der Waals surface area (Å²) in [5, 5.41) is 7.11. The number of nitrogens with one attached hydrogen (secondary N) is 1. The number of hydrogen-bond donors (Lipinski definition) is 1. The first-order valence-electron chi connectivity index (χ1n) is 11.2. The average Bonchev–Trinajstić information content (AvgIpc) is 3.21. The molecule has 2 unspecified atom stereocenters. The van der Waals surface area contributed by atoms with Gasteiger partial charge < -0.3 is 9.88 Å². The van der Waals surface area contributed by atoms with Gasteiger partial charge in [0.2, 0.25) is 0 Å². The van der Waals surface area contributed by atoms with Crippen LogP contribution in [0.4, 0.5) is 0 Å². The van der Waals surface area contributed by atoms with E-state index in [2.05, 4.69) is 74.1 Å². The minimum atomic E-state index is 0.0171. The molecule has 1 N–H and O–H groups in total. The van der Waals surface area contributed by atoms with E-state index < -0.39 is 0 Å². The summed E-state index contributed by atoms with van der Waals surface area (Å²) in [5.41, 5.74) is 5.16. The van der Waals surface area contributed by atoms with Gasteiger partial charge in [0.25, 0.3) is 5.91 Å². The molecule has 0 radical (unpaired) electrons. The van der Waals surface area contributed by atoms with E-state index in [-0.39, 0.29) is 11.3 Å². The molecule has 5 rings (SSSR count). The number of carbonyl (C=O) groups excluding carboxylic acids is 1. The summed E-state index contributed by atoms with van der Waals surface area (Å²) in [4.78, 5) is 12.4. The van der Waals surface area contributed by atoms with Crippen LogP contribution < -0.4 is 5.32 Å². The van der Waals surface area contributed by atoms with Gasteiger partial charge in [0.15, 0.2) is 0 Å². The fourth-order valence-corrected chi connectivity index (χ4v) is 5.66. The number of nitrogens with zero attached hydrogens (tertiary/aromatic N) is 1. The van der Waals surface area contributed by atoms with Crippen LogP contribution in [0.5, 0.6) is 0 Å². The molecule has 2 atom stereocenters. The fraction of sp³-hybridized carbons (Fsp3) is 0.321. The molecule has 1 fully saturated rings. The van der Waals surface area contributed by atoms with E-state index in [9.17, 15) is 4.79 Å². The molecule has 0 spiro atoms. The third kappa shape index (κ3) is 3.15. The van der Waals surface area contributed by atoms with Crippen molar-refractivity contribution in [1.29, 1.82) is 0 Å². The molecule has 0 bridgehead atoms. The first kappa shape index (κ1) is 19.9. The molecule has 1 aliphatic rings. The highest BCUT2D eigenvalue weighted by Gasteiger charge is 2.58.